The number of alkyl halides is 5. The number of hydrogen-bond acceptors (Lipinski definition) is 0. The number of halogens is 5. The van der Waals surface area contributed by atoms with Crippen molar-refractivity contribution in [2.45, 2.75) is 29.6 Å². The molecule has 10 fully saturated rings. The average Bonchev–Trinajstić information content (AvgIpc) is 3.33. The van der Waals surface area contributed by atoms with E-state index < -0.39 is 0 Å². The Balaban J connectivity index is 1.55. The van der Waals surface area contributed by atoms with E-state index >= 15 is 0 Å². The van der Waals surface area contributed by atoms with Crippen LogP contribution in [0.15, 0.2) is 0 Å². The van der Waals surface area contributed by atoms with Crippen molar-refractivity contribution in [2.24, 2.45) is 81.8 Å². The van der Waals surface area contributed by atoms with Crippen molar-refractivity contribution in [1.29, 1.82) is 0 Å². The first-order valence-corrected chi connectivity index (χ1v) is 14.6. The molecule has 10 aliphatic carbocycles. The third-order valence-electron chi connectivity index (χ3n) is 13.0. The lowest BCUT2D eigenvalue weighted by Gasteiger charge is -2.55. The van der Waals surface area contributed by atoms with E-state index in [4.69, 9.17) is 31.9 Å². The molecule has 10 rings (SSSR count). The minimum absolute atomic E-state index is 0.444. The first-order valence-electron chi connectivity index (χ1n) is 10.2. The molecule has 25 heavy (non-hydrogen) atoms. The van der Waals surface area contributed by atoms with Gasteiger partial charge in [-0.2, -0.15) is 0 Å². The van der Waals surface area contributed by atoms with Crippen LogP contribution >= 0.6 is 79.6 Å². The second kappa shape index (κ2) is 3.25. The first kappa shape index (κ1) is 14.4. The summed E-state index contributed by atoms with van der Waals surface area (Å²) in [7, 11) is 0. The summed E-state index contributed by atoms with van der Waals surface area (Å²) in [5.74, 6) is 11.6. The third kappa shape index (κ3) is 0.743. The standard InChI is InChI=1S/C20H17Br5/c21-14-8-4-2-1-3-5(4)9(14)18-11-7-6-10(15(11)22)17(8,18)19(2,24)12(6)16(23)13(7)20(3,18)25/h2-16H,1H2/t2-,3+,4-,5+,6+,7-,8-,9+,10+,11-,12-,13+,14?,15?,16?,17?,18?,19-,20-/m0/s1. The van der Waals surface area contributed by atoms with Gasteiger partial charge >= 0.3 is 0 Å². The van der Waals surface area contributed by atoms with Gasteiger partial charge in [0.15, 0.2) is 0 Å². The molecule has 4 bridgehead atoms. The second-order valence-corrected chi connectivity index (χ2v) is 17.3. The van der Waals surface area contributed by atoms with Gasteiger partial charge < -0.3 is 0 Å². The van der Waals surface area contributed by atoms with Crippen molar-refractivity contribution >= 4 is 79.6 Å². The molecule has 2 spiro atoms. The molecular weight excluding hydrogens is 640 g/mol. The summed E-state index contributed by atoms with van der Waals surface area (Å²) < 4.78 is 0.888. The van der Waals surface area contributed by atoms with Gasteiger partial charge in [-0.1, -0.05) is 79.6 Å². The van der Waals surface area contributed by atoms with Gasteiger partial charge in [-0.05, 0) is 77.4 Å². The van der Waals surface area contributed by atoms with Crippen molar-refractivity contribution in [1.82, 2.24) is 0 Å². The first-order chi connectivity index (χ1) is 11.9. The zero-order valence-electron chi connectivity index (χ0n) is 13.3. The molecule has 0 saturated heterocycles. The molecule has 10 aliphatic rings. The molecule has 0 aliphatic heterocycles. The summed E-state index contributed by atoms with van der Waals surface area (Å²) in [6, 6.07) is 0. The normalized spacial score (nSPS) is 97.1. The van der Waals surface area contributed by atoms with E-state index in [0.29, 0.717) is 19.5 Å². The van der Waals surface area contributed by atoms with Gasteiger partial charge in [-0.15, -0.1) is 0 Å². The summed E-state index contributed by atoms with van der Waals surface area (Å²) in [5, 5.41) is 0. The molecule has 5 unspecified atom stereocenters. The maximum absolute atomic E-state index is 4.73. The molecule has 0 aromatic heterocycles. The lowest BCUT2D eigenvalue weighted by atomic mass is 9.51. The van der Waals surface area contributed by atoms with Crippen LogP contribution in [-0.4, -0.2) is 23.1 Å². The van der Waals surface area contributed by atoms with Gasteiger partial charge in [0.2, 0.25) is 0 Å². The minimum Gasteiger partial charge on any atom is -0.0884 e. The van der Waals surface area contributed by atoms with Crippen LogP contribution in [-0.2, 0) is 0 Å². The highest BCUT2D eigenvalue weighted by atomic mass is 79.9. The summed E-state index contributed by atoms with van der Waals surface area (Å²) in [6.45, 7) is 0. The molecule has 0 aromatic carbocycles. The quantitative estimate of drug-likeness (QED) is 0.305. The molecule has 0 radical (unpaired) electrons. The average molecular weight is 657 g/mol. The molecule has 0 aromatic rings. The van der Waals surface area contributed by atoms with Crippen molar-refractivity contribution in [3.8, 4) is 0 Å². The van der Waals surface area contributed by atoms with Crippen molar-refractivity contribution in [3.05, 3.63) is 0 Å². The van der Waals surface area contributed by atoms with Gasteiger partial charge in [-0.3, -0.25) is 0 Å². The number of rotatable bonds is 0. The molecule has 132 valence electrons. The fourth-order valence-electron chi connectivity index (χ4n) is 14.5. The van der Waals surface area contributed by atoms with E-state index in [2.05, 4.69) is 47.8 Å². The number of fused-ring (bicyclic) bond motifs is 4. The summed E-state index contributed by atoms with van der Waals surface area (Å²) in [6.07, 6.45) is 1.54. The Bertz CT molecular complexity index is 810. The monoisotopic (exact) mass is 652 g/mol. The smallest absolute Gasteiger partial charge is 0.0399 e. The molecule has 10 saturated carbocycles. The maximum atomic E-state index is 4.73. The Labute approximate surface area is 189 Å². The van der Waals surface area contributed by atoms with Gasteiger partial charge in [0.25, 0.3) is 0 Å². The molecule has 19 atom stereocenters. The van der Waals surface area contributed by atoms with E-state index in [0.717, 1.165) is 85.5 Å². The highest BCUT2D eigenvalue weighted by Crippen LogP contribution is 3.10. The third-order valence-corrected chi connectivity index (χ3v) is 19.9. The van der Waals surface area contributed by atoms with Crippen LogP contribution in [0, 0.1) is 81.8 Å². The van der Waals surface area contributed by atoms with E-state index in [1.54, 1.807) is 6.42 Å². The van der Waals surface area contributed by atoms with Gasteiger partial charge in [0.05, 0.1) is 0 Å². The predicted octanol–water partition coefficient (Wildman–Crippen LogP) is 5.44. The van der Waals surface area contributed by atoms with Crippen LogP contribution < -0.4 is 0 Å². The zero-order chi connectivity index (χ0) is 16.4. The van der Waals surface area contributed by atoms with E-state index in [9.17, 15) is 0 Å². The van der Waals surface area contributed by atoms with Crippen LogP contribution in [0.25, 0.3) is 0 Å². The Hall–Kier alpha value is 2.40. The molecule has 0 nitrogen and oxygen atoms in total. The van der Waals surface area contributed by atoms with Gasteiger partial charge in [0, 0.05) is 34.0 Å². The Morgan fingerprint density at radius 3 is 1.32 bits per heavy atom. The topological polar surface area (TPSA) is 0 Å². The molecule has 0 amide bonds. The molecule has 0 N–H and O–H groups in total. The largest absolute Gasteiger partial charge is 0.0884 e. The highest BCUT2D eigenvalue weighted by Gasteiger charge is 3.11. The number of hydrogen-bond donors (Lipinski definition) is 0. The van der Waals surface area contributed by atoms with Gasteiger partial charge in [0.1, 0.15) is 0 Å². The predicted molar refractivity (Wildman–Crippen MR) is 113 cm³/mol. The Morgan fingerprint density at radius 2 is 0.880 bits per heavy atom. The fraction of sp³-hybridized carbons (Fsp3) is 1.00. The Morgan fingerprint density at radius 1 is 0.520 bits per heavy atom. The van der Waals surface area contributed by atoms with Crippen LogP contribution in [0.2, 0.25) is 0 Å². The fourth-order valence-corrected chi connectivity index (χ4v) is 23.7. The van der Waals surface area contributed by atoms with Crippen LogP contribution in [0.1, 0.15) is 6.42 Å². The summed E-state index contributed by atoms with van der Waals surface area (Å²) >= 11 is 22.6. The summed E-state index contributed by atoms with van der Waals surface area (Å²) in [5.41, 5.74) is 1.17. The lowest BCUT2D eigenvalue weighted by molar-refractivity contribution is -0.0472. The molecule has 5 heteroatoms. The Kier molecular flexibility index (Phi) is 1.87. The van der Waals surface area contributed by atoms with Crippen LogP contribution in [0.3, 0.4) is 0 Å². The zero-order valence-corrected chi connectivity index (χ0v) is 21.2. The van der Waals surface area contributed by atoms with Crippen molar-refractivity contribution in [3.63, 3.8) is 0 Å². The maximum Gasteiger partial charge on any atom is 0.0399 e. The highest BCUT2D eigenvalue weighted by molar-refractivity contribution is 9.11. The second-order valence-electron chi connectivity index (χ2n) is 11.5. The van der Waals surface area contributed by atoms with Crippen molar-refractivity contribution < 1.29 is 0 Å². The van der Waals surface area contributed by atoms with E-state index in [1.165, 1.54) is 0 Å². The van der Waals surface area contributed by atoms with E-state index in [-0.39, 0.29) is 0 Å². The lowest BCUT2D eigenvalue weighted by Crippen LogP contribution is -2.57. The minimum atomic E-state index is 0.444. The van der Waals surface area contributed by atoms with E-state index in [1.807, 2.05) is 0 Å². The SMILES string of the molecule is BrC1[C@@H]2[C@@H]3[C@H]4[C@H]5C(Br)[C@@H]3[C@@]3(Br)[C@@H]6C[C@H]7[C@H]8[C@@H]6[C@@H]6C(Br)[C@H]8C([C@@H]14)(C263)[C@@]57Br. The van der Waals surface area contributed by atoms with Gasteiger partial charge in [-0.25, -0.2) is 0 Å². The summed E-state index contributed by atoms with van der Waals surface area (Å²) in [4.78, 5) is 2.39. The van der Waals surface area contributed by atoms with Crippen molar-refractivity contribution in [2.75, 3.05) is 0 Å². The van der Waals surface area contributed by atoms with Crippen LogP contribution in [0.4, 0.5) is 0 Å². The molecular formula is C20H17Br5. The molecule has 0 heterocycles. The van der Waals surface area contributed by atoms with Crippen LogP contribution in [0.5, 0.6) is 0 Å².